The van der Waals surface area contributed by atoms with Gasteiger partial charge < -0.3 is 18.9 Å². The molecule has 4 rings (SSSR count). The lowest BCUT2D eigenvalue weighted by Crippen LogP contribution is -2.45. The lowest BCUT2D eigenvalue weighted by molar-refractivity contribution is -0.179. The van der Waals surface area contributed by atoms with Crippen molar-refractivity contribution >= 4 is 23.9 Å². The summed E-state index contributed by atoms with van der Waals surface area (Å²) in [4.78, 5) is 46.7. The van der Waals surface area contributed by atoms with Crippen LogP contribution >= 0.6 is 0 Å². The molecule has 0 amide bonds. The molecular formula is C18H22O8. The summed E-state index contributed by atoms with van der Waals surface area (Å²) in [7, 11) is 0. The molecule has 0 aromatic carbocycles. The maximum Gasteiger partial charge on any atom is 0.344 e. The van der Waals surface area contributed by atoms with Crippen molar-refractivity contribution in [2.45, 2.75) is 44.8 Å². The van der Waals surface area contributed by atoms with Gasteiger partial charge in [0.2, 0.25) is 0 Å². The van der Waals surface area contributed by atoms with Gasteiger partial charge in [0.15, 0.2) is 13.2 Å². The molecule has 0 spiro atoms. The van der Waals surface area contributed by atoms with Crippen molar-refractivity contribution in [3.8, 4) is 0 Å². The van der Waals surface area contributed by atoms with Crippen molar-refractivity contribution in [1.82, 2.24) is 0 Å². The molecule has 4 fully saturated rings. The lowest BCUT2D eigenvalue weighted by Gasteiger charge is -2.41. The number of carbonyl (C=O) groups excluding carboxylic acids is 4. The van der Waals surface area contributed by atoms with Gasteiger partial charge in [-0.3, -0.25) is 4.79 Å². The summed E-state index contributed by atoms with van der Waals surface area (Å²) in [5.74, 6) is -2.05. The molecule has 2 saturated carbocycles. The third-order valence-electron chi connectivity index (χ3n) is 5.13. The molecule has 142 valence electrons. The number of carbonyl (C=O) groups is 4. The molecule has 8 nitrogen and oxygen atoms in total. The fourth-order valence-electron chi connectivity index (χ4n) is 4.05. The molecule has 4 aliphatic rings. The zero-order valence-electron chi connectivity index (χ0n) is 14.6. The quantitative estimate of drug-likeness (QED) is 0.388. The van der Waals surface area contributed by atoms with E-state index >= 15 is 0 Å². The van der Waals surface area contributed by atoms with Crippen molar-refractivity contribution in [3.63, 3.8) is 0 Å². The van der Waals surface area contributed by atoms with Crippen LogP contribution in [0.1, 0.15) is 32.6 Å². The second kappa shape index (κ2) is 7.47. The highest BCUT2D eigenvalue weighted by atomic mass is 16.6. The van der Waals surface area contributed by atoms with Gasteiger partial charge in [-0.2, -0.15) is 0 Å². The van der Waals surface area contributed by atoms with Crippen LogP contribution in [0.3, 0.4) is 0 Å². The molecular weight excluding hydrogens is 344 g/mol. The van der Waals surface area contributed by atoms with E-state index in [0.29, 0.717) is 18.8 Å². The minimum atomic E-state index is -0.856. The van der Waals surface area contributed by atoms with Crippen LogP contribution in [-0.2, 0) is 38.1 Å². The summed E-state index contributed by atoms with van der Waals surface area (Å²) in [5, 5.41) is 0. The lowest BCUT2D eigenvalue weighted by atomic mass is 9.67. The average Bonchev–Trinajstić information content (AvgIpc) is 2.75. The Morgan fingerprint density at radius 1 is 1.08 bits per heavy atom. The number of esters is 4. The van der Waals surface area contributed by atoms with Crippen LogP contribution in [-0.4, -0.2) is 49.3 Å². The maximum absolute atomic E-state index is 12.0. The zero-order chi connectivity index (χ0) is 18.8. The van der Waals surface area contributed by atoms with Gasteiger partial charge in [0.05, 0.1) is 5.92 Å². The van der Waals surface area contributed by atoms with Crippen LogP contribution in [0.2, 0.25) is 0 Å². The Balaban J connectivity index is 1.46. The standard InChI is InChI=1S/C18H22O8/c1-9(2)17(21)24-7-14(19)23-8-15(20)26-16-11-3-10-4-12(6-11)18(22)25-13(16)5-10/h10-13,16H,1,3-8H2,2H3. The van der Waals surface area contributed by atoms with E-state index in [1.54, 1.807) is 0 Å². The van der Waals surface area contributed by atoms with Gasteiger partial charge in [0, 0.05) is 11.5 Å². The molecule has 2 heterocycles. The highest BCUT2D eigenvalue weighted by molar-refractivity contribution is 5.88. The minimum absolute atomic E-state index is 0.0973. The Bertz CT molecular complexity index is 639. The van der Waals surface area contributed by atoms with Crippen LogP contribution in [0.4, 0.5) is 0 Å². The zero-order valence-corrected chi connectivity index (χ0v) is 14.6. The Morgan fingerprint density at radius 2 is 1.81 bits per heavy atom. The second-order valence-electron chi connectivity index (χ2n) is 7.21. The molecule has 0 N–H and O–H groups in total. The van der Waals surface area contributed by atoms with Crippen LogP contribution in [0.5, 0.6) is 0 Å². The molecule has 26 heavy (non-hydrogen) atoms. The number of ether oxygens (including phenoxy) is 4. The molecule has 4 bridgehead atoms. The first-order valence-corrected chi connectivity index (χ1v) is 8.71. The van der Waals surface area contributed by atoms with E-state index in [9.17, 15) is 19.2 Å². The second-order valence-corrected chi connectivity index (χ2v) is 7.21. The predicted octanol–water partition coefficient (Wildman–Crippen LogP) is 0.922. The summed E-state index contributed by atoms with van der Waals surface area (Å²) in [6, 6.07) is 0. The number of hydrogen-bond acceptors (Lipinski definition) is 8. The van der Waals surface area contributed by atoms with Gasteiger partial charge in [-0.1, -0.05) is 6.58 Å². The first-order chi connectivity index (χ1) is 12.3. The van der Waals surface area contributed by atoms with Gasteiger partial charge in [-0.05, 0) is 38.5 Å². The van der Waals surface area contributed by atoms with Crippen LogP contribution in [0.25, 0.3) is 0 Å². The monoisotopic (exact) mass is 366 g/mol. The molecule has 0 aromatic rings. The van der Waals surface area contributed by atoms with Crippen molar-refractivity contribution in [1.29, 1.82) is 0 Å². The maximum atomic E-state index is 12.0. The van der Waals surface area contributed by atoms with E-state index in [-0.39, 0.29) is 23.4 Å². The Hall–Kier alpha value is -2.38. The third kappa shape index (κ3) is 4.05. The molecule has 5 unspecified atom stereocenters. The van der Waals surface area contributed by atoms with Crippen LogP contribution in [0.15, 0.2) is 12.2 Å². The fraction of sp³-hybridized carbons (Fsp3) is 0.667. The Kier molecular flexibility index (Phi) is 5.29. The molecule has 8 heteroatoms. The molecule has 5 atom stereocenters. The van der Waals surface area contributed by atoms with E-state index in [2.05, 4.69) is 11.3 Å². The highest BCUT2D eigenvalue weighted by Gasteiger charge is 2.51. The van der Waals surface area contributed by atoms with Gasteiger partial charge in [-0.25, -0.2) is 14.4 Å². The summed E-state index contributed by atoms with van der Waals surface area (Å²) < 4.78 is 20.3. The number of fused-ring (bicyclic) bond motifs is 1. The Morgan fingerprint density at radius 3 is 2.54 bits per heavy atom. The third-order valence-corrected chi connectivity index (χ3v) is 5.13. The smallest absolute Gasteiger partial charge is 0.344 e. The summed E-state index contributed by atoms with van der Waals surface area (Å²) >= 11 is 0. The van der Waals surface area contributed by atoms with E-state index in [0.717, 1.165) is 12.8 Å². The first-order valence-electron chi connectivity index (χ1n) is 8.71. The van der Waals surface area contributed by atoms with Crippen molar-refractivity contribution < 1.29 is 38.1 Å². The average molecular weight is 366 g/mol. The van der Waals surface area contributed by atoms with Gasteiger partial charge >= 0.3 is 23.9 Å². The van der Waals surface area contributed by atoms with Crippen molar-refractivity contribution in [2.75, 3.05) is 13.2 Å². The normalized spacial score (nSPS) is 31.6. The van der Waals surface area contributed by atoms with Crippen molar-refractivity contribution in [2.24, 2.45) is 17.8 Å². The number of rotatable bonds is 6. The van der Waals surface area contributed by atoms with Gasteiger partial charge in [-0.15, -0.1) is 0 Å². The van der Waals surface area contributed by atoms with Crippen molar-refractivity contribution in [3.05, 3.63) is 12.2 Å². The van der Waals surface area contributed by atoms with Crippen LogP contribution < -0.4 is 0 Å². The Labute approximate surface area is 150 Å². The van der Waals surface area contributed by atoms with E-state index < -0.39 is 43.3 Å². The largest absolute Gasteiger partial charge is 0.458 e. The van der Waals surface area contributed by atoms with E-state index in [4.69, 9.17) is 14.2 Å². The van der Waals surface area contributed by atoms with Gasteiger partial charge in [0.25, 0.3) is 0 Å². The highest BCUT2D eigenvalue weighted by Crippen LogP contribution is 2.48. The summed E-state index contributed by atoms with van der Waals surface area (Å²) in [6.07, 6.45) is 2.22. The topological polar surface area (TPSA) is 105 Å². The molecule has 2 aliphatic carbocycles. The summed E-state index contributed by atoms with van der Waals surface area (Å²) in [6.45, 7) is 3.65. The molecule has 0 radical (unpaired) electrons. The molecule has 2 aliphatic heterocycles. The molecule has 2 saturated heterocycles. The fourth-order valence-corrected chi connectivity index (χ4v) is 4.05. The van der Waals surface area contributed by atoms with Gasteiger partial charge in [0.1, 0.15) is 12.2 Å². The van der Waals surface area contributed by atoms with E-state index in [1.807, 2.05) is 0 Å². The summed E-state index contributed by atoms with van der Waals surface area (Å²) in [5.41, 5.74) is 0.157. The molecule has 0 aromatic heterocycles. The predicted molar refractivity (Wildman–Crippen MR) is 85.4 cm³/mol. The first kappa shape index (κ1) is 18.4. The van der Waals surface area contributed by atoms with Crippen LogP contribution in [0, 0.1) is 17.8 Å². The SMILES string of the molecule is C=C(C)C(=O)OCC(=O)OCC(=O)OC1C2CC3CC(C2)C(=O)OC1C3. The number of hydrogen-bond donors (Lipinski definition) is 0. The minimum Gasteiger partial charge on any atom is -0.458 e. The van der Waals surface area contributed by atoms with E-state index in [1.165, 1.54) is 6.92 Å².